The summed E-state index contributed by atoms with van der Waals surface area (Å²) in [7, 11) is 0. The molecule has 0 fully saturated rings. The Morgan fingerprint density at radius 1 is 0.923 bits per heavy atom. The highest BCUT2D eigenvalue weighted by Crippen LogP contribution is 2.39. The summed E-state index contributed by atoms with van der Waals surface area (Å²) in [5.41, 5.74) is -0.134. The third-order valence-electron chi connectivity index (χ3n) is 5.31. The van der Waals surface area contributed by atoms with Crippen LogP contribution in [0.5, 0.6) is 0 Å². The Balaban J connectivity index is 4.86. The van der Waals surface area contributed by atoms with Crippen molar-refractivity contribution in [3.8, 4) is 0 Å². The molecule has 156 valence electrons. The summed E-state index contributed by atoms with van der Waals surface area (Å²) >= 11 is 0. The molecule has 0 spiro atoms. The average Bonchev–Trinajstić information content (AvgIpc) is 2.48. The van der Waals surface area contributed by atoms with Crippen molar-refractivity contribution in [3.05, 3.63) is 12.3 Å². The van der Waals surface area contributed by atoms with Gasteiger partial charge >= 0.3 is 0 Å². The van der Waals surface area contributed by atoms with Crippen molar-refractivity contribution in [3.63, 3.8) is 0 Å². The minimum absolute atomic E-state index is 0.0594. The molecular weight excluding hydrogens is 324 g/mol. The normalized spacial score (nSPS) is 14.8. The molecular formula is C23H46O3. The first-order valence-corrected chi connectivity index (χ1v) is 10.2. The summed E-state index contributed by atoms with van der Waals surface area (Å²) in [6.07, 6.45) is 2.95. The van der Waals surface area contributed by atoms with Crippen LogP contribution in [0.4, 0.5) is 0 Å². The van der Waals surface area contributed by atoms with Crippen LogP contribution >= 0.6 is 0 Å². The number of aliphatic hydroxyl groups is 1. The molecule has 0 aromatic rings. The zero-order chi connectivity index (χ0) is 20.8. The van der Waals surface area contributed by atoms with Gasteiger partial charge in [0.05, 0.1) is 18.0 Å². The van der Waals surface area contributed by atoms with Gasteiger partial charge < -0.3 is 14.6 Å². The highest BCUT2D eigenvalue weighted by Gasteiger charge is 2.36. The molecule has 0 aliphatic heterocycles. The first kappa shape index (κ1) is 25.5. The van der Waals surface area contributed by atoms with Crippen LogP contribution in [-0.4, -0.2) is 30.0 Å². The Morgan fingerprint density at radius 3 is 1.88 bits per heavy atom. The highest BCUT2D eigenvalue weighted by molar-refractivity contribution is 4.93. The van der Waals surface area contributed by atoms with Crippen LogP contribution in [0.3, 0.4) is 0 Å². The molecule has 1 atom stereocenters. The van der Waals surface area contributed by atoms with E-state index in [1.165, 1.54) is 0 Å². The van der Waals surface area contributed by atoms with E-state index < -0.39 is 0 Å². The Bertz CT molecular complexity index is 419. The van der Waals surface area contributed by atoms with Crippen molar-refractivity contribution in [2.24, 2.45) is 22.7 Å². The summed E-state index contributed by atoms with van der Waals surface area (Å²) in [6.45, 7) is 26.9. The Labute approximate surface area is 163 Å². The number of rotatable bonds is 13. The first-order chi connectivity index (χ1) is 11.6. The largest absolute Gasteiger partial charge is 0.494 e. The predicted molar refractivity (Wildman–Crippen MR) is 112 cm³/mol. The van der Waals surface area contributed by atoms with Crippen molar-refractivity contribution in [2.45, 2.75) is 100 Å². The van der Waals surface area contributed by atoms with Gasteiger partial charge in [-0.15, -0.1) is 0 Å². The number of aliphatic hydroxyl groups excluding tert-OH is 1. The number of ether oxygens (including phenoxy) is 2. The van der Waals surface area contributed by atoms with Crippen LogP contribution in [0.2, 0.25) is 0 Å². The second kappa shape index (κ2) is 10.1. The maximum absolute atomic E-state index is 9.16. The van der Waals surface area contributed by atoms with Crippen LogP contribution in [0.25, 0.3) is 0 Å². The Morgan fingerprint density at radius 2 is 1.46 bits per heavy atom. The third-order valence-corrected chi connectivity index (χ3v) is 5.31. The van der Waals surface area contributed by atoms with E-state index in [4.69, 9.17) is 14.6 Å². The molecule has 1 N–H and O–H groups in total. The standard InChI is InChI=1S/C23H46O3/c1-17(2)19(5)26-20(18(3)4)22(8,9)13-12-21(6,7)16-25-23(10,11)14-15-24/h17-18,20,24H,5,12-16H2,1-4,6-11H3. The zero-order valence-corrected chi connectivity index (χ0v) is 19.2. The van der Waals surface area contributed by atoms with E-state index >= 15 is 0 Å². The Hall–Kier alpha value is -0.540. The quantitative estimate of drug-likeness (QED) is 0.392. The maximum atomic E-state index is 9.16. The molecule has 26 heavy (non-hydrogen) atoms. The summed E-state index contributed by atoms with van der Waals surface area (Å²) in [6, 6.07) is 0. The molecule has 0 aromatic carbocycles. The van der Waals surface area contributed by atoms with E-state index in [-0.39, 0.29) is 29.1 Å². The molecule has 0 amide bonds. The zero-order valence-electron chi connectivity index (χ0n) is 19.2. The van der Waals surface area contributed by atoms with Crippen LogP contribution in [0.15, 0.2) is 12.3 Å². The third kappa shape index (κ3) is 9.41. The fraction of sp³-hybridized carbons (Fsp3) is 0.913. The average molecular weight is 371 g/mol. The van der Waals surface area contributed by atoms with E-state index in [1.807, 2.05) is 13.8 Å². The molecule has 0 aliphatic rings. The van der Waals surface area contributed by atoms with Gasteiger partial charge in [0.15, 0.2) is 0 Å². The fourth-order valence-electron chi connectivity index (χ4n) is 3.10. The van der Waals surface area contributed by atoms with Gasteiger partial charge in [0, 0.05) is 17.9 Å². The molecule has 0 aliphatic carbocycles. The lowest BCUT2D eigenvalue weighted by Crippen LogP contribution is -2.38. The fourth-order valence-corrected chi connectivity index (χ4v) is 3.10. The van der Waals surface area contributed by atoms with Gasteiger partial charge in [-0.25, -0.2) is 0 Å². The highest BCUT2D eigenvalue weighted by atomic mass is 16.5. The van der Waals surface area contributed by atoms with Gasteiger partial charge in [0.2, 0.25) is 0 Å². The molecule has 0 radical (unpaired) electrons. The van der Waals surface area contributed by atoms with Crippen molar-refractivity contribution < 1.29 is 14.6 Å². The van der Waals surface area contributed by atoms with Gasteiger partial charge in [-0.3, -0.25) is 0 Å². The van der Waals surface area contributed by atoms with E-state index in [0.717, 1.165) is 18.6 Å². The topological polar surface area (TPSA) is 38.7 Å². The minimum Gasteiger partial charge on any atom is -0.494 e. The number of allylic oxidation sites excluding steroid dienone is 1. The summed E-state index contributed by atoms with van der Waals surface area (Å²) < 4.78 is 12.4. The summed E-state index contributed by atoms with van der Waals surface area (Å²) in [5, 5.41) is 9.16. The van der Waals surface area contributed by atoms with Gasteiger partial charge in [-0.1, -0.05) is 62.0 Å². The minimum atomic E-state index is -0.278. The van der Waals surface area contributed by atoms with Crippen LogP contribution in [0.1, 0.15) is 88.5 Å². The lowest BCUT2D eigenvalue weighted by Gasteiger charge is -2.40. The molecule has 0 saturated heterocycles. The van der Waals surface area contributed by atoms with Gasteiger partial charge in [-0.05, 0) is 44.4 Å². The number of hydrogen-bond acceptors (Lipinski definition) is 3. The van der Waals surface area contributed by atoms with E-state index in [2.05, 4.69) is 62.0 Å². The Kier molecular flexibility index (Phi) is 9.92. The lowest BCUT2D eigenvalue weighted by atomic mass is 9.73. The molecule has 3 heteroatoms. The van der Waals surface area contributed by atoms with Gasteiger partial charge in [0.25, 0.3) is 0 Å². The first-order valence-electron chi connectivity index (χ1n) is 10.2. The van der Waals surface area contributed by atoms with Crippen molar-refractivity contribution >= 4 is 0 Å². The lowest BCUT2D eigenvalue weighted by molar-refractivity contribution is -0.0748. The molecule has 3 nitrogen and oxygen atoms in total. The second-order valence-electron chi connectivity index (χ2n) is 10.6. The molecule has 0 heterocycles. The summed E-state index contributed by atoms with van der Waals surface area (Å²) in [4.78, 5) is 0. The second-order valence-corrected chi connectivity index (χ2v) is 10.6. The molecule has 0 saturated carbocycles. The molecule has 0 aromatic heterocycles. The summed E-state index contributed by atoms with van der Waals surface area (Å²) in [5.74, 6) is 1.65. The van der Waals surface area contributed by atoms with Crippen LogP contribution in [-0.2, 0) is 9.47 Å². The SMILES string of the molecule is C=C(OC(C(C)C)C(C)(C)CCC(C)(C)COC(C)(C)CCO)C(C)C. The van der Waals surface area contributed by atoms with Crippen molar-refractivity contribution in [1.29, 1.82) is 0 Å². The van der Waals surface area contributed by atoms with Crippen LogP contribution in [0, 0.1) is 22.7 Å². The van der Waals surface area contributed by atoms with Gasteiger partial charge in [-0.2, -0.15) is 0 Å². The van der Waals surface area contributed by atoms with E-state index in [1.54, 1.807) is 0 Å². The van der Waals surface area contributed by atoms with Crippen molar-refractivity contribution in [2.75, 3.05) is 13.2 Å². The van der Waals surface area contributed by atoms with Crippen LogP contribution < -0.4 is 0 Å². The van der Waals surface area contributed by atoms with E-state index in [9.17, 15) is 0 Å². The monoisotopic (exact) mass is 370 g/mol. The maximum Gasteiger partial charge on any atom is 0.106 e. The van der Waals surface area contributed by atoms with Crippen molar-refractivity contribution in [1.82, 2.24) is 0 Å². The molecule has 0 rings (SSSR count). The predicted octanol–water partition coefficient (Wildman–Crippen LogP) is 6.21. The number of hydrogen-bond donors (Lipinski definition) is 1. The molecule has 1 unspecified atom stereocenters. The smallest absolute Gasteiger partial charge is 0.106 e. The van der Waals surface area contributed by atoms with E-state index in [0.29, 0.717) is 24.9 Å². The van der Waals surface area contributed by atoms with Gasteiger partial charge in [0.1, 0.15) is 6.10 Å². The molecule has 0 bridgehead atoms.